The lowest BCUT2D eigenvalue weighted by atomic mass is 9.98. The van der Waals surface area contributed by atoms with Crippen molar-refractivity contribution in [3.8, 4) is 28.0 Å². The Morgan fingerprint density at radius 1 is 0.960 bits per heavy atom. The zero-order valence-electron chi connectivity index (χ0n) is 13.6. The summed E-state index contributed by atoms with van der Waals surface area (Å²) in [5.41, 5.74) is 4.95. The molecular weight excluding hydrogens is 310 g/mol. The zero-order chi connectivity index (χ0) is 16.8. The first-order valence-corrected chi connectivity index (χ1v) is 8.51. The highest BCUT2D eigenvalue weighted by atomic mass is 16.3. The molecule has 0 spiro atoms. The minimum atomic E-state index is 0.280. The van der Waals surface area contributed by atoms with E-state index < -0.39 is 0 Å². The molecule has 4 heteroatoms. The van der Waals surface area contributed by atoms with Gasteiger partial charge in [0.05, 0.1) is 17.8 Å². The molecule has 4 nitrogen and oxygen atoms in total. The summed E-state index contributed by atoms with van der Waals surface area (Å²) in [5.74, 6) is 0.280. The van der Waals surface area contributed by atoms with Gasteiger partial charge in [-0.05, 0) is 48.2 Å². The van der Waals surface area contributed by atoms with Gasteiger partial charge in [0.2, 0.25) is 0 Å². The number of para-hydroxylation sites is 1. The summed E-state index contributed by atoms with van der Waals surface area (Å²) in [5, 5.41) is 15.8. The Bertz CT molecular complexity index is 1080. The number of phenolic OH excluding ortho intramolecular Hbond substituents is 1. The Balaban J connectivity index is 1.67. The van der Waals surface area contributed by atoms with Gasteiger partial charge in [-0.2, -0.15) is 5.10 Å². The first kappa shape index (κ1) is 14.2. The summed E-state index contributed by atoms with van der Waals surface area (Å²) in [6.07, 6.45) is 8.28. The summed E-state index contributed by atoms with van der Waals surface area (Å²) < 4.78 is 2.06. The molecule has 0 aliphatic heterocycles. The summed E-state index contributed by atoms with van der Waals surface area (Å²) in [7, 11) is 0. The molecular formula is C21H17N3O. The van der Waals surface area contributed by atoms with Crippen molar-refractivity contribution in [1.82, 2.24) is 14.8 Å². The lowest BCUT2D eigenvalue weighted by Crippen LogP contribution is -1.91. The van der Waals surface area contributed by atoms with E-state index in [0.29, 0.717) is 6.04 Å². The molecule has 0 unspecified atom stereocenters. The van der Waals surface area contributed by atoms with Crippen LogP contribution in [0.1, 0.15) is 18.9 Å². The molecule has 1 N–H and O–H groups in total. The molecule has 2 aromatic heterocycles. The number of benzene rings is 2. The van der Waals surface area contributed by atoms with Crippen LogP contribution >= 0.6 is 0 Å². The Hall–Kier alpha value is -3.14. The zero-order valence-corrected chi connectivity index (χ0v) is 13.6. The van der Waals surface area contributed by atoms with E-state index in [4.69, 9.17) is 0 Å². The highest BCUT2D eigenvalue weighted by Crippen LogP contribution is 2.37. The largest absolute Gasteiger partial charge is 0.507 e. The van der Waals surface area contributed by atoms with Crippen LogP contribution in [0.15, 0.2) is 67.1 Å². The third-order valence-corrected chi connectivity index (χ3v) is 4.79. The average Bonchev–Trinajstić information content (AvgIpc) is 3.38. The van der Waals surface area contributed by atoms with Gasteiger partial charge in [0.25, 0.3) is 0 Å². The number of nitrogens with zero attached hydrogens (tertiary/aromatic N) is 3. The highest BCUT2D eigenvalue weighted by molar-refractivity contribution is 5.98. The van der Waals surface area contributed by atoms with Crippen LogP contribution in [-0.4, -0.2) is 19.9 Å². The van der Waals surface area contributed by atoms with Crippen LogP contribution in [0.3, 0.4) is 0 Å². The van der Waals surface area contributed by atoms with Gasteiger partial charge in [-0.1, -0.05) is 24.3 Å². The monoisotopic (exact) mass is 327 g/mol. The van der Waals surface area contributed by atoms with E-state index in [-0.39, 0.29) is 5.75 Å². The number of hydrogen-bond acceptors (Lipinski definition) is 3. The summed E-state index contributed by atoms with van der Waals surface area (Å²) in [6.45, 7) is 0. The predicted molar refractivity (Wildman–Crippen MR) is 98.3 cm³/mol. The topological polar surface area (TPSA) is 50.9 Å². The molecule has 0 atom stereocenters. The quantitative estimate of drug-likeness (QED) is 0.588. The van der Waals surface area contributed by atoms with Crippen molar-refractivity contribution in [2.75, 3.05) is 0 Å². The average molecular weight is 327 g/mol. The second-order valence-corrected chi connectivity index (χ2v) is 6.55. The molecule has 0 bridgehead atoms. The van der Waals surface area contributed by atoms with Gasteiger partial charge in [0.15, 0.2) is 0 Å². The van der Waals surface area contributed by atoms with E-state index in [1.54, 1.807) is 12.3 Å². The van der Waals surface area contributed by atoms with Gasteiger partial charge in [0.1, 0.15) is 5.75 Å². The predicted octanol–water partition coefficient (Wildman–Crippen LogP) is 4.81. The van der Waals surface area contributed by atoms with Crippen LogP contribution < -0.4 is 0 Å². The Kier molecular flexibility index (Phi) is 3.10. The maximum Gasteiger partial charge on any atom is 0.123 e. The van der Waals surface area contributed by atoms with Gasteiger partial charge in [0, 0.05) is 28.9 Å². The molecule has 25 heavy (non-hydrogen) atoms. The first-order valence-electron chi connectivity index (χ1n) is 8.51. The first-order chi connectivity index (χ1) is 12.3. The van der Waals surface area contributed by atoms with Crippen molar-refractivity contribution in [2.24, 2.45) is 0 Å². The fourth-order valence-electron chi connectivity index (χ4n) is 3.29. The van der Waals surface area contributed by atoms with Gasteiger partial charge in [-0.25, -0.2) is 0 Å². The molecule has 0 amide bonds. The number of rotatable bonds is 3. The smallest absolute Gasteiger partial charge is 0.123 e. The molecule has 122 valence electrons. The number of hydrogen-bond donors (Lipinski definition) is 1. The van der Waals surface area contributed by atoms with Gasteiger partial charge in [-0.15, -0.1) is 0 Å². The van der Waals surface area contributed by atoms with Gasteiger partial charge >= 0.3 is 0 Å². The summed E-state index contributed by atoms with van der Waals surface area (Å²) >= 11 is 0. The van der Waals surface area contributed by atoms with Crippen LogP contribution in [0.5, 0.6) is 5.75 Å². The van der Waals surface area contributed by atoms with E-state index in [0.717, 1.165) is 33.2 Å². The molecule has 1 saturated carbocycles. The molecule has 0 saturated heterocycles. The molecule has 1 aliphatic rings. The van der Waals surface area contributed by atoms with E-state index in [1.807, 2.05) is 36.5 Å². The van der Waals surface area contributed by atoms with Crippen LogP contribution in [0, 0.1) is 0 Å². The van der Waals surface area contributed by atoms with Gasteiger partial charge in [-0.3, -0.25) is 9.67 Å². The van der Waals surface area contributed by atoms with E-state index in [2.05, 4.69) is 33.1 Å². The Labute approximate surface area is 145 Å². The standard InChI is InChI=1S/C21H17N3O/c25-21-4-2-1-3-18(21)17-9-10-22-20-8-5-14(11-19(17)20)15-12-23-24(13-15)16-6-7-16/h1-5,8-13,16,25H,6-7H2. The number of fused-ring (bicyclic) bond motifs is 1. The lowest BCUT2D eigenvalue weighted by molar-refractivity contribution is 0.477. The van der Waals surface area contributed by atoms with Crippen LogP contribution in [0.2, 0.25) is 0 Å². The second-order valence-electron chi connectivity index (χ2n) is 6.55. The summed E-state index contributed by atoms with van der Waals surface area (Å²) in [6, 6.07) is 16.2. The van der Waals surface area contributed by atoms with Crippen molar-refractivity contribution in [1.29, 1.82) is 0 Å². The minimum Gasteiger partial charge on any atom is -0.507 e. The fourth-order valence-corrected chi connectivity index (χ4v) is 3.29. The molecule has 4 aromatic rings. The molecule has 5 rings (SSSR count). The fraction of sp³-hybridized carbons (Fsp3) is 0.143. The molecule has 1 fully saturated rings. The molecule has 2 heterocycles. The Morgan fingerprint density at radius 2 is 1.84 bits per heavy atom. The third-order valence-electron chi connectivity index (χ3n) is 4.79. The van der Waals surface area contributed by atoms with Crippen molar-refractivity contribution >= 4 is 10.9 Å². The molecule has 0 radical (unpaired) electrons. The normalized spacial score (nSPS) is 14.1. The second kappa shape index (κ2) is 5.45. The van der Waals surface area contributed by atoms with Crippen molar-refractivity contribution in [2.45, 2.75) is 18.9 Å². The van der Waals surface area contributed by atoms with Crippen molar-refractivity contribution < 1.29 is 5.11 Å². The summed E-state index contributed by atoms with van der Waals surface area (Å²) in [4.78, 5) is 4.47. The minimum absolute atomic E-state index is 0.280. The van der Waals surface area contributed by atoms with Crippen LogP contribution in [0.25, 0.3) is 33.2 Å². The Morgan fingerprint density at radius 3 is 2.68 bits per heavy atom. The number of phenols is 1. The number of aromatic nitrogens is 3. The van der Waals surface area contributed by atoms with E-state index in [1.165, 1.54) is 12.8 Å². The molecule has 1 aliphatic carbocycles. The number of aromatic hydroxyl groups is 1. The van der Waals surface area contributed by atoms with Crippen molar-refractivity contribution in [3.63, 3.8) is 0 Å². The van der Waals surface area contributed by atoms with E-state index in [9.17, 15) is 5.11 Å². The number of pyridine rings is 1. The lowest BCUT2D eigenvalue weighted by Gasteiger charge is -2.09. The third kappa shape index (κ3) is 2.47. The maximum absolute atomic E-state index is 10.2. The maximum atomic E-state index is 10.2. The SMILES string of the molecule is Oc1ccccc1-c1ccnc2ccc(-c3cnn(C4CC4)c3)cc12. The van der Waals surface area contributed by atoms with Crippen molar-refractivity contribution in [3.05, 3.63) is 67.1 Å². The van der Waals surface area contributed by atoms with E-state index >= 15 is 0 Å². The van der Waals surface area contributed by atoms with Crippen LogP contribution in [0.4, 0.5) is 0 Å². The van der Waals surface area contributed by atoms with Crippen LogP contribution in [-0.2, 0) is 0 Å². The van der Waals surface area contributed by atoms with Gasteiger partial charge < -0.3 is 5.11 Å². The highest BCUT2D eigenvalue weighted by Gasteiger charge is 2.24. The molecule has 2 aromatic carbocycles.